The lowest BCUT2D eigenvalue weighted by molar-refractivity contribution is 0.322. The average molecular weight is 124 g/mol. The highest BCUT2D eigenvalue weighted by atomic mass is 15.1. The first-order valence-electron chi connectivity index (χ1n) is 3.31. The molecule has 2 heteroatoms. The van der Waals surface area contributed by atoms with E-state index in [4.69, 9.17) is 5.26 Å². The van der Waals surface area contributed by atoms with Gasteiger partial charge in [-0.3, -0.25) is 4.90 Å². The predicted molar refractivity (Wildman–Crippen MR) is 35.8 cm³/mol. The number of nitrogens with zero attached hydrogens (tertiary/aromatic N) is 2. The maximum Gasteiger partial charge on any atom is 0.100 e. The van der Waals surface area contributed by atoms with E-state index in [1.165, 1.54) is 12.8 Å². The van der Waals surface area contributed by atoms with Gasteiger partial charge in [-0.1, -0.05) is 0 Å². The molecule has 0 radical (unpaired) electrons. The summed E-state index contributed by atoms with van der Waals surface area (Å²) in [6, 6.07) is 2.46. The fourth-order valence-corrected chi connectivity index (χ4v) is 1.05. The molecule has 1 fully saturated rings. The second kappa shape index (κ2) is 2.36. The molecule has 1 saturated carbocycles. The number of rotatable bonds is 2. The van der Waals surface area contributed by atoms with Crippen LogP contribution in [0.4, 0.5) is 0 Å². The Balaban J connectivity index is 2.40. The van der Waals surface area contributed by atoms with Crippen LogP contribution in [-0.4, -0.2) is 25.0 Å². The lowest BCUT2D eigenvalue weighted by Gasteiger charge is -2.15. The maximum atomic E-state index is 8.62. The molecule has 1 rings (SSSR count). The molecule has 1 aliphatic rings. The van der Waals surface area contributed by atoms with Gasteiger partial charge < -0.3 is 0 Å². The Morgan fingerprint density at radius 2 is 2.11 bits per heavy atom. The SMILES string of the molecule is CN(C)C(C#N)C1CC1. The molecule has 0 aromatic heterocycles. The normalized spacial score (nSPS) is 21.6. The lowest BCUT2D eigenvalue weighted by Crippen LogP contribution is -2.27. The summed E-state index contributed by atoms with van der Waals surface area (Å²) >= 11 is 0. The van der Waals surface area contributed by atoms with Crippen LogP contribution in [0.5, 0.6) is 0 Å². The van der Waals surface area contributed by atoms with Gasteiger partial charge in [-0.25, -0.2) is 0 Å². The maximum absolute atomic E-state index is 8.62. The fourth-order valence-electron chi connectivity index (χ4n) is 1.05. The molecular weight excluding hydrogens is 112 g/mol. The third-order valence-electron chi connectivity index (χ3n) is 1.76. The standard InChI is InChI=1S/C7H12N2/c1-9(2)7(5-8)6-3-4-6/h6-7H,3-4H2,1-2H3. The van der Waals surface area contributed by atoms with Gasteiger partial charge in [0.25, 0.3) is 0 Å². The molecule has 0 bridgehead atoms. The topological polar surface area (TPSA) is 27.0 Å². The summed E-state index contributed by atoms with van der Waals surface area (Å²) in [5.41, 5.74) is 0. The zero-order valence-corrected chi connectivity index (χ0v) is 5.96. The van der Waals surface area contributed by atoms with Gasteiger partial charge >= 0.3 is 0 Å². The van der Waals surface area contributed by atoms with Gasteiger partial charge in [0.15, 0.2) is 0 Å². The fraction of sp³-hybridized carbons (Fsp3) is 0.857. The van der Waals surface area contributed by atoms with Crippen molar-refractivity contribution in [2.75, 3.05) is 14.1 Å². The van der Waals surface area contributed by atoms with Gasteiger partial charge in [-0.2, -0.15) is 5.26 Å². The second-order valence-corrected chi connectivity index (χ2v) is 2.87. The first-order chi connectivity index (χ1) is 4.25. The molecule has 1 atom stereocenters. The minimum Gasteiger partial charge on any atom is -0.294 e. The molecular formula is C7H12N2. The van der Waals surface area contributed by atoms with E-state index in [0.29, 0.717) is 5.92 Å². The molecule has 0 N–H and O–H groups in total. The highest BCUT2D eigenvalue weighted by Gasteiger charge is 2.32. The minimum atomic E-state index is 0.171. The van der Waals surface area contributed by atoms with E-state index < -0.39 is 0 Å². The van der Waals surface area contributed by atoms with Crippen molar-refractivity contribution in [1.82, 2.24) is 4.90 Å². The van der Waals surface area contributed by atoms with E-state index in [1.54, 1.807) is 0 Å². The molecule has 50 valence electrons. The highest BCUT2D eigenvalue weighted by molar-refractivity contribution is 5.00. The van der Waals surface area contributed by atoms with Crippen LogP contribution in [0.25, 0.3) is 0 Å². The Morgan fingerprint density at radius 3 is 2.22 bits per heavy atom. The van der Waals surface area contributed by atoms with Crippen LogP contribution < -0.4 is 0 Å². The third kappa shape index (κ3) is 1.43. The van der Waals surface area contributed by atoms with E-state index in [1.807, 2.05) is 19.0 Å². The Kier molecular flexibility index (Phi) is 1.73. The van der Waals surface area contributed by atoms with Gasteiger partial charge in [-0.15, -0.1) is 0 Å². The second-order valence-electron chi connectivity index (χ2n) is 2.87. The van der Waals surface area contributed by atoms with Crippen LogP contribution >= 0.6 is 0 Å². The summed E-state index contributed by atoms with van der Waals surface area (Å²) in [5, 5.41) is 8.62. The molecule has 0 aliphatic heterocycles. The smallest absolute Gasteiger partial charge is 0.100 e. The Labute approximate surface area is 56.1 Å². The summed E-state index contributed by atoms with van der Waals surface area (Å²) in [6.45, 7) is 0. The van der Waals surface area contributed by atoms with Gasteiger partial charge in [-0.05, 0) is 32.9 Å². The van der Waals surface area contributed by atoms with E-state index in [0.717, 1.165) is 0 Å². The van der Waals surface area contributed by atoms with E-state index in [-0.39, 0.29) is 6.04 Å². The zero-order chi connectivity index (χ0) is 6.85. The quantitative estimate of drug-likeness (QED) is 0.545. The van der Waals surface area contributed by atoms with Crippen LogP contribution in [0, 0.1) is 17.2 Å². The third-order valence-corrected chi connectivity index (χ3v) is 1.76. The average Bonchev–Trinajstić information content (AvgIpc) is 2.50. The monoisotopic (exact) mass is 124 g/mol. The summed E-state index contributed by atoms with van der Waals surface area (Å²) in [6.07, 6.45) is 2.49. The lowest BCUT2D eigenvalue weighted by atomic mass is 10.2. The van der Waals surface area contributed by atoms with Crippen molar-refractivity contribution in [3.05, 3.63) is 0 Å². The van der Waals surface area contributed by atoms with Crippen molar-refractivity contribution >= 4 is 0 Å². The number of nitriles is 1. The molecule has 0 saturated heterocycles. The molecule has 0 aromatic carbocycles. The van der Waals surface area contributed by atoms with Crippen LogP contribution in [-0.2, 0) is 0 Å². The molecule has 0 spiro atoms. The largest absolute Gasteiger partial charge is 0.294 e. The van der Waals surface area contributed by atoms with Crippen molar-refractivity contribution in [3.63, 3.8) is 0 Å². The number of hydrogen-bond donors (Lipinski definition) is 0. The van der Waals surface area contributed by atoms with Gasteiger partial charge in [0.2, 0.25) is 0 Å². The summed E-state index contributed by atoms with van der Waals surface area (Å²) < 4.78 is 0. The van der Waals surface area contributed by atoms with Crippen LogP contribution in [0.15, 0.2) is 0 Å². The molecule has 1 aliphatic carbocycles. The molecule has 1 unspecified atom stereocenters. The van der Waals surface area contributed by atoms with E-state index in [2.05, 4.69) is 6.07 Å². The van der Waals surface area contributed by atoms with Crippen LogP contribution in [0.2, 0.25) is 0 Å². The van der Waals surface area contributed by atoms with Crippen molar-refractivity contribution in [3.8, 4) is 6.07 Å². The van der Waals surface area contributed by atoms with Crippen LogP contribution in [0.1, 0.15) is 12.8 Å². The van der Waals surface area contributed by atoms with Crippen molar-refractivity contribution in [2.45, 2.75) is 18.9 Å². The summed E-state index contributed by atoms with van der Waals surface area (Å²) in [4.78, 5) is 2.00. The predicted octanol–water partition coefficient (Wildman–Crippen LogP) is 0.850. The molecule has 0 heterocycles. The highest BCUT2D eigenvalue weighted by Crippen LogP contribution is 2.33. The zero-order valence-electron chi connectivity index (χ0n) is 5.96. The first-order valence-corrected chi connectivity index (χ1v) is 3.31. The molecule has 0 aromatic rings. The number of hydrogen-bond acceptors (Lipinski definition) is 2. The minimum absolute atomic E-state index is 0.171. The summed E-state index contributed by atoms with van der Waals surface area (Å²) in [7, 11) is 3.93. The Hall–Kier alpha value is -0.550. The van der Waals surface area contributed by atoms with E-state index in [9.17, 15) is 0 Å². The summed E-state index contributed by atoms with van der Waals surface area (Å²) in [5.74, 6) is 0.671. The van der Waals surface area contributed by atoms with Gasteiger partial charge in [0, 0.05) is 0 Å². The van der Waals surface area contributed by atoms with Crippen molar-refractivity contribution < 1.29 is 0 Å². The molecule has 9 heavy (non-hydrogen) atoms. The van der Waals surface area contributed by atoms with Crippen molar-refractivity contribution in [2.24, 2.45) is 5.92 Å². The Morgan fingerprint density at radius 1 is 1.56 bits per heavy atom. The van der Waals surface area contributed by atoms with Gasteiger partial charge in [0.05, 0.1) is 6.07 Å². The van der Waals surface area contributed by atoms with Crippen molar-refractivity contribution in [1.29, 1.82) is 5.26 Å². The van der Waals surface area contributed by atoms with Crippen LogP contribution in [0.3, 0.4) is 0 Å². The molecule has 0 amide bonds. The van der Waals surface area contributed by atoms with E-state index >= 15 is 0 Å². The molecule has 2 nitrogen and oxygen atoms in total. The first kappa shape index (κ1) is 6.57. The van der Waals surface area contributed by atoms with Gasteiger partial charge in [0.1, 0.15) is 6.04 Å². The Bertz CT molecular complexity index is 128.